The lowest BCUT2D eigenvalue weighted by Crippen LogP contribution is -2.46. The Balaban J connectivity index is 2.32. The molecule has 0 fully saturated rings. The van der Waals surface area contributed by atoms with Gasteiger partial charge in [-0.1, -0.05) is 19.1 Å². The van der Waals surface area contributed by atoms with Gasteiger partial charge in [-0.15, -0.1) is 0 Å². The van der Waals surface area contributed by atoms with Gasteiger partial charge in [-0.25, -0.2) is 4.79 Å². The molecule has 118 valence electrons. The normalized spacial score (nSPS) is 14.9. The quantitative estimate of drug-likeness (QED) is 0.721. The molecule has 3 N–H and O–H groups in total. The zero-order chi connectivity index (χ0) is 15.8. The Labute approximate surface area is 126 Å². The number of carbonyl (C=O) groups is 1. The van der Waals surface area contributed by atoms with E-state index in [1.54, 1.807) is 0 Å². The first kappa shape index (κ1) is 17.3. The second kappa shape index (κ2) is 8.52. The van der Waals surface area contributed by atoms with E-state index < -0.39 is 0 Å². The standard InChI is InChI=1S/C16H26N2O3/c1-11-6-5-7-15(8-11)21-13(3)9-17-16(20)18-14(4)12(2)10-19/h5-8,12-14,19H,9-10H2,1-4H3,(H2,17,18,20). The van der Waals surface area contributed by atoms with Crippen LogP contribution in [0.4, 0.5) is 4.79 Å². The van der Waals surface area contributed by atoms with Gasteiger partial charge < -0.3 is 20.5 Å². The van der Waals surface area contributed by atoms with Crippen LogP contribution in [0.2, 0.25) is 0 Å². The summed E-state index contributed by atoms with van der Waals surface area (Å²) in [6.45, 7) is 8.13. The highest BCUT2D eigenvalue weighted by Gasteiger charge is 2.14. The molecule has 3 atom stereocenters. The Bertz CT molecular complexity index is 451. The maximum atomic E-state index is 11.7. The minimum Gasteiger partial charge on any atom is -0.489 e. The van der Waals surface area contributed by atoms with Crippen molar-refractivity contribution >= 4 is 6.03 Å². The van der Waals surface area contributed by atoms with Crippen molar-refractivity contribution in [3.05, 3.63) is 29.8 Å². The largest absolute Gasteiger partial charge is 0.489 e. The van der Waals surface area contributed by atoms with Crippen molar-refractivity contribution in [2.45, 2.75) is 39.8 Å². The maximum Gasteiger partial charge on any atom is 0.315 e. The zero-order valence-corrected chi connectivity index (χ0v) is 13.2. The molecule has 0 saturated carbocycles. The lowest BCUT2D eigenvalue weighted by atomic mass is 10.1. The average molecular weight is 294 g/mol. The third-order valence-electron chi connectivity index (χ3n) is 3.38. The van der Waals surface area contributed by atoms with E-state index in [0.717, 1.165) is 11.3 Å². The Morgan fingerprint density at radius 3 is 2.67 bits per heavy atom. The highest BCUT2D eigenvalue weighted by molar-refractivity contribution is 5.74. The number of ether oxygens (including phenoxy) is 1. The topological polar surface area (TPSA) is 70.6 Å². The van der Waals surface area contributed by atoms with E-state index >= 15 is 0 Å². The van der Waals surface area contributed by atoms with Crippen LogP contribution < -0.4 is 15.4 Å². The van der Waals surface area contributed by atoms with Crippen LogP contribution >= 0.6 is 0 Å². The van der Waals surface area contributed by atoms with Gasteiger partial charge >= 0.3 is 6.03 Å². The number of hydrogen-bond donors (Lipinski definition) is 3. The van der Waals surface area contributed by atoms with Gasteiger partial charge in [0, 0.05) is 12.6 Å². The number of carbonyl (C=O) groups excluding carboxylic acids is 1. The van der Waals surface area contributed by atoms with Crippen LogP contribution in [0.3, 0.4) is 0 Å². The molecule has 1 aromatic carbocycles. The third-order valence-corrected chi connectivity index (χ3v) is 3.38. The molecule has 0 bridgehead atoms. The second-order valence-electron chi connectivity index (χ2n) is 5.55. The van der Waals surface area contributed by atoms with Crippen molar-refractivity contribution in [2.24, 2.45) is 5.92 Å². The number of nitrogens with one attached hydrogen (secondary N) is 2. The number of aliphatic hydroxyl groups is 1. The van der Waals surface area contributed by atoms with Gasteiger partial charge in [0.05, 0.1) is 6.54 Å². The fourth-order valence-corrected chi connectivity index (χ4v) is 1.76. The monoisotopic (exact) mass is 294 g/mol. The van der Waals surface area contributed by atoms with Crippen LogP contribution in [-0.2, 0) is 0 Å². The number of hydrogen-bond acceptors (Lipinski definition) is 3. The summed E-state index contributed by atoms with van der Waals surface area (Å²) in [7, 11) is 0. The van der Waals surface area contributed by atoms with E-state index in [2.05, 4.69) is 10.6 Å². The van der Waals surface area contributed by atoms with E-state index in [4.69, 9.17) is 9.84 Å². The van der Waals surface area contributed by atoms with Crippen molar-refractivity contribution in [1.82, 2.24) is 10.6 Å². The molecule has 0 aliphatic carbocycles. The van der Waals surface area contributed by atoms with Crippen molar-refractivity contribution in [3.8, 4) is 5.75 Å². The van der Waals surface area contributed by atoms with E-state index in [-0.39, 0.29) is 30.7 Å². The molecule has 0 saturated heterocycles. The number of aliphatic hydroxyl groups excluding tert-OH is 1. The summed E-state index contributed by atoms with van der Waals surface area (Å²) >= 11 is 0. The van der Waals surface area contributed by atoms with Crippen LogP contribution in [0.1, 0.15) is 26.3 Å². The first-order valence-electron chi connectivity index (χ1n) is 7.31. The smallest absolute Gasteiger partial charge is 0.315 e. The average Bonchev–Trinajstić information content (AvgIpc) is 2.44. The van der Waals surface area contributed by atoms with Crippen LogP contribution in [0.15, 0.2) is 24.3 Å². The van der Waals surface area contributed by atoms with E-state index in [1.165, 1.54) is 0 Å². The van der Waals surface area contributed by atoms with E-state index in [9.17, 15) is 4.79 Å². The minimum absolute atomic E-state index is 0.0247. The number of benzene rings is 1. The molecule has 1 rings (SSSR count). The zero-order valence-electron chi connectivity index (χ0n) is 13.2. The Kier molecular flexibility index (Phi) is 7.02. The van der Waals surface area contributed by atoms with Crippen LogP contribution in [0, 0.1) is 12.8 Å². The lowest BCUT2D eigenvalue weighted by Gasteiger charge is -2.21. The lowest BCUT2D eigenvalue weighted by molar-refractivity contribution is 0.192. The molecule has 0 aliphatic heterocycles. The SMILES string of the molecule is Cc1cccc(OC(C)CNC(=O)NC(C)C(C)CO)c1. The summed E-state index contributed by atoms with van der Waals surface area (Å²) in [6, 6.07) is 7.48. The Hall–Kier alpha value is -1.75. The fourth-order valence-electron chi connectivity index (χ4n) is 1.76. The van der Waals surface area contributed by atoms with Gasteiger partial charge in [0.2, 0.25) is 0 Å². The molecular weight excluding hydrogens is 268 g/mol. The Morgan fingerprint density at radius 2 is 2.05 bits per heavy atom. The fraction of sp³-hybridized carbons (Fsp3) is 0.562. The molecule has 0 aromatic heterocycles. The van der Waals surface area contributed by atoms with Gasteiger partial charge in [0.15, 0.2) is 0 Å². The first-order valence-corrected chi connectivity index (χ1v) is 7.31. The molecule has 21 heavy (non-hydrogen) atoms. The summed E-state index contributed by atoms with van der Waals surface area (Å²) in [6.07, 6.45) is -0.122. The van der Waals surface area contributed by atoms with Crippen molar-refractivity contribution in [1.29, 1.82) is 0 Å². The molecule has 5 nitrogen and oxygen atoms in total. The van der Waals surface area contributed by atoms with Crippen molar-refractivity contribution in [3.63, 3.8) is 0 Å². The number of aryl methyl sites for hydroxylation is 1. The molecule has 2 amide bonds. The van der Waals surface area contributed by atoms with Crippen LogP contribution in [-0.4, -0.2) is 36.4 Å². The Morgan fingerprint density at radius 1 is 1.33 bits per heavy atom. The number of urea groups is 1. The van der Waals surface area contributed by atoms with E-state index in [0.29, 0.717) is 6.54 Å². The first-order chi connectivity index (χ1) is 9.92. The summed E-state index contributed by atoms with van der Waals surface area (Å²) in [5.74, 6) is 0.823. The molecule has 0 radical (unpaired) electrons. The molecule has 0 heterocycles. The number of amides is 2. The molecule has 0 aliphatic rings. The maximum absolute atomic E-state index is 11.7. The highest BCUT2D eigenvalue weighted by atomic mass is 16.5. The molecular formula is C16H26N2O3. The van der Waals surface area contributed by atoms with E-state index in [1.807, 2.05) is 52.0 Å². The van der Waals surface area contributed by atoms with Gasteiger partial charge in [-0.2, -0.15) is 0 Å². The predicted molar refractivity (Wildman–Crippen MR) is 83.5 cm³/mol. The summed E-state index contributed by atoms with van der Waals surface area (Å²) in [5, 5.41) is 14.6. The van der Waals surface area contributed by atoms with Crippen molar-refractivity contribution in [2.75, 3.05) is 13.2 Å². The predicted octanol–water partition coefficient (Wildman–Crippen LogP) is 2.08. The van der Waals surface area contributed by atoms with Gasteiger partial charge in [0.1, 0.15) is 11.9 Å². The minimum atomic E-state index is -0.248. The second-order valence-corrected chi connectivity index (χ2v) is 5.55. The summed E-state index contributed by atoms with van der Waals surface area (Å²) < 4.78 is 5.74. The molecule has 5 heteroatoms. The van der Waals surface area contributed by atoms with Crippen molar-refractivity contribution < 1.29 is 14.6 Å². The molecule has 0 spiro atoms. The third kappa shape index (κ3) is 6.49. The molecule has 3 unspecified atom stereocenters. The summed E-state index contributed by atoms with van der Waals surface area (Å²) in [5.41, 5.74) is 1.14. The summed E-state index contributed by atoms with van der Waals surface area (Å²) in [4.78, 5) is 11.7. The van der Waals surface area contributed by atoms with Crippen LogP contribution in [0.5, 0.6) is 5.75 Å². The molecule has 1 aromatic rings. The number of rotatable bonds is 7. The van der Waals surface area contributed by atoms with Gasteiger partial charge in [-0.05, 0) is 44.4 Å². The highest BCUT2D eigenvalue weighted by Crippen LogP contribution is 2.13. The van der Waals surface area contributed by atoms with Gasteiger partial charge in [0.25, 0.3) is 0 Å². The van der Waals surface area contributed by atoms with Crippen LogP contribution in [0.25, 0.3) is 0 Å². The van der Waals surface area contributed by atoms with Gasteiger partial charge in [-0.3, -0.25) is 0 Å².